The number of nitrogens with zero attached hydrogens (tertiary/aromatic N) is 6. The van der Waals surface area contributed by atoms with Crippen LogP contribution < -0.4 is 42.7 Å². The Morgan fingerprint density at radius 3 is 2.50 bits per heavy atom. The fourth-order valence-corrected chi connectivity index (χ4v) is 7.81. The predicted octanol–water partition coefficient (Wildman–Crippen LogP) is 2.87. The topological polar surface area (TPSA) is 244 Å². The maximum atomic E-state index is 14.0. The highest BCUT2D eigenvalue weighted by Gasteiger charge is 2.29. The molecule has 1 atom stereocenters. The van der Waals surface area contributed by atoms with Gasteiger partial charge in [0.2, 0.25) is 5.95 Å². The van der Waals surface area contributed by atoms with E-state index in [2.05, 4.69) is 31.1 Å². The fraction of sp³-hybridized carbons (Fsp3) is 0.450. The average molecular weight is 797 g/mol. The summed E-state index contributed by atoms with van der Waals surface area (Å²) in [7, 11) is 0. The second-order valence-electron chi connectivity index (χ2n) is 14.8. The lowest BCUT2D eigenvalue weighted by atomic mass is 9.85. The zero-order chi connectivity index (χ0) is 40.8. The van der Waals surface area contributed by atoms with Gasteiger partial charge in [-0.1, -0.05) is 12.2 Å². The second kappa shape index (κ2) is 18.0. The van der Waals surface area contributed by atoms with Crippen molar-refractivity contribution >= 4 is 52.3 Å². The lowest BCUT2D eigenvalue weighted by Crippen LogP contribution is -2.49. The molecule has 2 aliphatic heterocycles. The van der Waals surface area contributed by atoms with Gasteiger partial charge in [-0.3, -0.25) is 29.3 Å². The fourth-order valence-electron chi connectivity index (χ4n) is 7.81. The van der Waals surface area contributed by atoms with Crippen LogP contribution in [0.25, 0.3) is 11.0 Å². The number of carbonyl (C=O) groups is 3. The van der Waals surface area contributed by atoms with Crippen molar-refractivity contribution in [3.63, 3.8) is 0 Å². The van der Waals surface area contributed by atoms with E-state index in [9.17, 15) is 14.4 Å². The molecule has 18 heteroatoms. The van der Waals surface area contributed by atoms with Crippen molar-refractivity contribution in [2.24, 2.45) is 22.6 Å². The summed E-state index contributed by atoms with van der Waals surface area (Å²) in [5.74, 6) is 6.41. The molecule has 9 N–H and O–H groups in total. The van der Waals surface area contributed by atoms with Crippen LogP contribution in [0, 0.1) is 12.8 Å². The molecule has 1 unspecified atom stereocenters. The van der Waals surface area contributed by atoms with Crippen molar-refractivity contribution in [2.45, 2.75) is 64.7 Å². The van der Waals surface area contributed by atoms with E-state index in [0.29, 0.717) is 102 Å². The predicted molar refractivity (Wildman–Crippen MR) is 220 cm³/mol. The maximum absolute atomic E-state index is 14.0. The number of morpholine rings is 1. The van der Waals surface area contributed by atoms with Crippen molar-refractivity contribution < 1.29 is 28.6 Å². The lowest BCUT2D eigenvalue weighted by Gasteiger charge is -2.34. The van der Waals surface area contributed by atoms with Gasteiger partial charge in [0.15, 0.2) is 0 Å². The number of aromatic nitrogens is 4. The van der Waals surface area contributed by atoms with Gasteiger partial charge in [-0.25, -0.2) is 4.98 Å². The number of nitrogens with one attached hydrogen (secondary N) is 3. The average Bonchev–Trinajstić information content (AvgIpc) is 3.79. The minimum absolute atomic E-state index is 0.0682. The molecule has 1 saturated heterocycles. The van der Waals surface area contributed by atoms with Gasteiger partial charge in [0.25, 0.3) is 11.8 Å². The number of fused-ring (bicyclic) bond motifs is 1. The van der Waals surface area contributed by atoms with Crippen molar-refractivity contribution in [3.8, 4) is 11.5 Å². The summed E-state index contributed by atoms with van der Waals surface area (Å²) in [6, 6.07) is 8.11. The van der Waals surface area contributed by atoms with Crippen LogP contribution >= 0.6 is 0 Å². The Labute approximate surface area is 336 Å². The molecule has 58 heavy (non-hydrogen) atoms. The molecule has 1 saturated carbocycles. The Morgan fingerprint density at radius 1 is 1.02 bits per heavy atom. The van der Waals surface area contributed by atoms with Gasteiger partial charge in [0.05, 0.1) is 36.2 Å². The molecule has 1 aliphatic carbocycles. The van der Waals surface area contributed by atoms with Crippen LogP contribution in [-0.2, 0) is 17.8 Å². The number of amidine groups is 1. The zero-order valence-electron chi connectivity index (χ0n) is 32.9. The molecule has 0 spiro atoms. The molecule has 2 aromatic heterocycles. The highest BCUT2D eigenvalue weighted by molar-refractivity contribution is 6.04. The van der Waals surface area contributed by atoms with Gasteiger partial charge in [0.1, 0.15) is 53.7 Å². The quantitative estimate of drug-likeness (QED) is 0.0286. The first kappa shape index (κ1) is 40.1. The molecule has 2 aromatic carbocycles. The number of carbonyl (C=O) groups excluding carboxylic acids is 3. The number of amides is 2. The summed E-state index contributed by atoms with van der Waals surface area (Å²) in [6.45, 7) is 7.67. The first-order valence-electron chi connectivity index (χ1n) is 19.7. The van der Waals surface area contributed by atoms with E-state index < -0.39 is 0 Å². The number of nitrogens with two attached hydrogens (primary N) is 3. The van der Waals surface area contributed by atoms with Crippen LogP contribution in [0.5, 0.6) is 11.5 Å². The number of hydrogen-bond donors (Lipinski definition) is 6. The van der Waals surface area contributed by atoms with E-state index in [1.165, 1.54) is 0 Å². The van der Waals surface area contributed by atoms with Crippen LogP contribution in [0.3, 0.4) is 0 Å². The van der Waals surface area contributed by atoms with E-state index in [0.717, 1.165) is 32.0 Å². The summed E-state index contributed by atoms with van der Waals surface area (Å²) in [5.41, 5.74) is 16.3. The Kier molecular flexibility index (Phi) is 12.4. The molecule has 18 nitrogen and oxygen atoms in total. The first-order valence-corrected chi connectivity index (χ1v) is 19.7. The molecular formula is C40H52N12O6. The highest BCUT2D eigenvalue weighted by Crippen LogP contribution is 2.35. The zero-order valence-corrected chi connectivity index (χ0v) is 32.9. The Bertz CT molecular complexity index is 2200. The van der Waals surface area contributed by atoms with Crippen LogP contribution in [0.4, 0.5) is 17.3 Å². The monoisotopic (exact) mass is 796 g/mol. The van der Waals surface area contributed by atoms with Crippen LogP contribution in [0.2, 0.25) is 0 Å². The van der Waals surface area contributed by atoms with E-state index in [1.807, 2.05) is 30.6 Å². The minimum atomic E-state index is -0.377. The highest BCUT2D eigenvalue weighted by atomic mass is 16.5. The van der Waals surface area contributed by atoms with Gasteiger partial charge in [-0.2, -0.15) is 10.2 Å². The normalized spacial score (nSPS) is 21.3. The molecule has 4 heterocycles. The Hall–Kier alpha value is -6.14. The largest absolute Gasteiger partial charge is 0.490 e. The van der Waals surface area contributed by atoms with Gasteiger partial charge in [-0.05, 0) is 69.9 Å². The van der Waals surface area contributed by atoms with E-state index in [4.69, 9.17) is 36.5 Å². The number of aldehydes is 1. The minimum Gasteiger partial charge on any atom is -0.490 e. The summed E-state index contributed by atoms with van der Waals surface area (Å²) in [4.78, 5) is 46.8. The SMILES string of the molecule is CCn1nc(C)cc1C(=O)Nc1nc2cc(C(=O)NC3CCC(/C(N)=N/N)CC3)cc3c2n1C/C=C/CNc1c(N)cc(C=O)cc1OCC(N1CCOCC1)CO3. The van der Waals surface area contributed by atoms with Crippen molar-refractivity contribution in [3.05, 3.63) is 65.0 Å². The smallest absolute Gasteiger partial charge is 0.276 e. The van der Waals surface area contributed by atoms with E-state index in [-0.39, 0.29) is 55.5 Å². The van der Waals surface area contributed by atoms with Gasteiger partial charge in [-0.15, -0.1) is 0 Å². The Morgan fingerprint density at radius 2 is 1.78 bits per heavy atom. The molecule has 0 radical (unpaired) electrons. The lowest BCUT2D eigenvalue weighted by molar-refractivity contribution is -0.00552. The van der Waals surface area contributed by atoms with Crippen molar-refractivity contribution in [1.82, 2.24) is 29.5 Å². The van der Waals surface area contributed by atoms with Crippen LogP contribution in [-0.4, -0.2) is 106 Å². The first-order chi connectivity index (χ1) is 28.1. The number of ether oxygens (including phenoxy) is 3. The number of nitrogen functional groups attached to an aromatic ring is 1. The van der Waals surface area contributed by atoms with Crippen LogP contribution in [0.1, 0.15) is 69.5 Å². The third kappa shape index (κ3) is 8.87. The van der Waals surface area contributed by atoms with Crippen molar-refractivity contribution in [2.75, 3.05) is 62.4 Å². The summed E-state index contributed by atoms with van der Waals surface area (Å²) >= 11 is 0. The molecule has 4 aromatic rings. The van der Waals surface area contributed by atoms with E-state index >= 15 is 0 Å². The molecule has 0 bridgehead atoms. The summed E-state index contributed by atoms with van der Waals surface area (Å²) in [6.07, 6.45) is 7.56. The van der Waals surface area contributed by atoms with E-state index in [1.54, 1.807) is 35.0 Å². The third-order valence-corrected chi connectivity index (χ3v) is 10.9. The van der Waals surface area contributed by atoms with Gasteiger partial charge in [0, 0.05) is 55.8 Å². The summed E-state index contributed by atoms with van der Waals surface area (Å²) < 4.78 is 22.4. The molecule has 2 fully saturated rings. The number of hydrogen-bond acceptors (Lipinski definition) is 13. The van der Waals surface area contributed by atoms with Gasteiger partial charge >= 0.3 is 0 Å². The maximum Gasteiger partial charge on any atom is 0.276 e. The number of aryl methyl sites for hydroxylation is 2. The number of anilines is 3. The van der Waals surface area contributed by atoms with Crippen LogP contribution in [0.15, 0.2) is 47.6 Å². The number of imidazole rings is 1. The van der Waals surface area contributed by atoms with Crippen molar-refractivity contribution in [1.29, 1.82) is 0 Å². The third-order valence-electron chi connectivity index (χ3n) is 10.9. The number of rotatable bonds is 8. The van der Waals surface area contributed by atoms with Gasteiger partial charge < -0.3 is 46.7 Å². The second-order valence-corrected chi connectivity index (χ2v) is 14.8. The number of allylic oxidation sites excluding steroid dienone is 1. The molecular weight excluding hydrogens is 745 g/mol. The molecule has 2 amide bonds. The molecule has 3 aliphatic rings. The summed E-state index contributed by atoms with van der Waals surface area (Å²) in [5, 5.41) is 17.7. The number of benzene rings is 2. The molecule has 7 rings (SSSR count). The molecule has 308 valence electrons. The number of hydrazone groups is 1. The Balaban J connectivity index is 1.28. The standard InChI is InChI=1S/C40H52N12O6/c1-3-52-32(16-24(2)49-52)39(55)47-40-46-31-19-27(38(54)45-28-8-6-26(7-9-28)37(42)48-43)20-34-36(31)51(40)11-5-4-10-44-35-30(41)17-25(21-53)18-33(35)57-22-29(23-58-34)50-12-14-56-15-13-50/h4-5,16-21,26,28-29,44H,3,6-15,22-23,41,43H2,1-2H3,(H2,42,48)(H,45,54)(H,46,47,55)/b5-4+.